The number of carbonyl (C=O) groups excluding carboxylic acids is 1. The number of carbonyl (C=O) groups is 1. The zero-order chi connectivity index (χ0) is 15.0. The molecule has 0 heterocycles. The Bertz CT molecular complexity index is 403. The van der Waals surface area contributed by atoms with Crippen LogP contribution in [-0.4, -0.2) is 55.9 Å². The summed E-state index contributed by atoms with van der Waals surface area (Å²) in [6.07, 6.45) is 1.70. The van der Waals surface area contributed by atoms with Gasteiger partial charge in [-0.1, -0.05) is 18.5 Å². The van der Waals surface area contributed by atoms with E-state index in [4.69, 9.17) is 11.6 Å². The lowest BCUT2D eigenvalue weighted by Crippen LogP contribution is -2.29. The Morgan fingerprint density at radius 2 is 1.75 bits per heavy atom. The lowest BCUT2D eigenvalue weighted by atomic mass is 10.1. The van der Waals surface area contributed by atoms with Gasteiger partial charge in [-0.15, -0.1) is 0 Å². The van der Waals surface area contributed by atoms with E-state index in [-0.39, 0.29) is 5.78 Å². The van der Waals surface area contributed by atoms with Gasteiger partial charge in [-0.2, -0.15) is 0 Å². The summed E-state index contributed by atoms with van der Waals surface area (Å²) in [6, 6.07) is 7.13. The summed E-state index contributed by atoms with van der Waals surface area (Å²) < 4.78 is 0. The Hall–Kier alpha value is -0.900. The third kappa shape index (κ3) is 6.51. The number of halogens is 1. The summed E-state index contributed by atoms with van der Waals surface area (Å²) in [4.78, 5) is 16.6. The van der Waals surface area contributed by atoms with E-state index < -0.39 is 0 Å². The molecule has 0 aromatic heterocycles. The molecule has 1 aromatic carbocycles. The van der Waals surface area contributed by atoms with E-state index in [9.17, 15) is 4.79 Å². The smallest absolute Gasteiger partial charge is 0.164 e. The van der Waals surface area contributed by atoms with E-state index in [1.165, 1.54) is 0 Å². The second kappa shape index (κ2) is 9.11. The molecule has 1 aromatic rings. The third-order valence-electron chi connectivity index (χ3n) is 3.35. The van der Waals surface area contributed by atoms with E-state index in [0.29, 0.717) is 11.4 Å². The number of hydrogen-bond acceptors (Lipinski definition) is 3. The lowest BCUT2D eigenvalue weighted by molar-refractivity contribution is 0.0964. The average Bonchev–Trinajstić information content (AvgIpc) is 2.42. The molecule has 0 atom stereocenters. The average molecular weight is 297 g/mol. The molecule has 0 saturated heterocycles. The van der Waals surface area contributed by atoms with Gasteiger partial charge in [0.1, 0.15) is 0 Å². The van der Waals surface area contributed by atoms with Crippen LogP contribution in [0.1, 0.15) is 30.1 Å². The summed E-state index contributed by atoms with van der Waals surface area (Å²) >= 11 is 5.83. The largest absolute Gasteiger partial charge is 0.309 e. The minimum atomic E-state index is 0.188. The van der Waals surface area contributed by atoms with Gasteiger partial charge >= 0.3 is 0 Å². The van der Waals surface area contributed by atoms with Crippen LogP contribution in [0.4, 0.5) is 0 Å². The molecule has 0 unspecified atom stereocenters. The molecule has 0 bridgehead atoms. The van der Waals surface area contributed by atoms with Gasteiger partial charge in [0.25, 0.3) is 0 Å². The molecule has 20 heavy (non-hydrogen) atoms. The summed E-state index contributed by atoms with van der Waals surface area (Å²) in [6.45, 7) is 6.08. The van der Waals surface area contributed by atoms with Gasteiger partial charge in [-0.25, -0.2) is 0 Å². The molecule has 0 saturated carbocycles. The van der Waals surface area contributed by atoms with Crippen LogP contribution in [0.2, 0.25) is 5.02 Å². The van der Waals surface area contributed by atoms with Gasteiger partial charge in [0.2, 0.25) is 0 Å². The summed E-state index contributed by atoms with van der Waals surface area (Å²) in [5.74, 6) is 0.188. The molecule has 0 aliphatic carbocycles. The number of benzene rings is 1. The van der Waals surface area contributed by atoms with Crippen molar-refractivity contribution in [2.75, 3.05) is 40.3 Å². The summed E-state index contributed by atoms with van der Waals surface area (Å²) in [7, 11) is 4.17. The van der Waals surface area contributed by atoms with Crippen molar-refractivity contribution in [3.05, 3.63) is 34.9 Å². The van der Waals surface area contributed by atoms with Crippen molar-refractivity contribution in [3.63, 3.8) is 0 Å². The van der Waals surface area contributed by atoms with E-state index in [1.54, 1.807) is 24.3 Å². The van der Waals surface area contributed by atoms with Crippen molar-refractivity contribution < 1.29 is 4.79 Å². The highest BCUT2D eigenvalue weighted by Gasteiger charge is 2.09. The van der Waals surface area contributed by atoms with Crippen molar-refractivity contribution in [1.82, 2.24) is 9.80 Å². The highest BCUT2D eigenvalue weighted by atomic mass is 35.5. The number of rotatable bonds is 9. The van der Waals surface area contributed by atoms with Gasteiger partial charge in [-0.05, 0) is 64.4 Å². The third-order valence-corrected chi connectivity index (χ3v) is 3.60. The first-order valence-electron chi connectivity index (χ1n) is 7.18. The van der Waals surface area contributed by atoms with Crippen LogP contribution in [0.5, 0.6) is 0 Å². The number of hydrogen-bond donors (Lipinski definition) is 0. The lowest BCUT2D eigenvalue weighted by Gasteiger charge is -2.21. The zero-order valence-electron chi connectivity index (χ0n) is 12.7. The quantitative estimate of drug-likeness (QED) is 0.654. The van der Waals surface area contributed by atoms with E-state index >= 15 is 0 Å². The molecule has 112 valence electrons. The molecule has 0 radical (unpaired) electrons. The molecule has 0 N–H and O–H groups in total. The Morgan fingerprint density at radius 3 is 2.30 bits per heavy atom. The molecular formula is C16H25ClN2O. The normalized spacial score (nSPS) is 11.3. The van der Waals surface area contributed by atoms with Crippen molar-refractivity contribution in [2.24, 2.45) is 0 Å². The second-order valence-electron chi connectivity index (χ2n) is 5.27. The van der Waals surface area contributed by atoms with Crippen LogP contribution < -0.4 is 0 Å². The zero-order valence-corrected chi connectivity index (χ0v) is 13.5. The minimum absolute atomic E-state index is 0.188. The first kappa shape index (κ1) is 17.2. The number of Topliss-reactive ketones (excluding diaryl/α,β-unsaturated/α-hetero) is 1. The van der Waals surface area contributed by atoms with Crippen LogP contribution >= 0.6 is 11.6 Å². The van der Waals surface area contributed by atoms with Gasteiger partial charge in [0, 0.05) is 23.6 Å². The molecule has 3 nitrogen and oxygen atoms in total. The van der Waals surface area contributed by atoms with E-state index in [1.807, 2.05) is 0 Å². The van der Waals surface area contributed by atoms with Crippen LogP contribution in [0, 0.1) is 0 Å². The standard InChI is InChI=1S/C16H25ClN2O/c1-4-19(12-5-11-18(2)3)13-10-16(20)14-6-8-15(17)9-7-14/h6-9H,4-5,10-13H2,1-3H3. The molecule has 4 heteroatoms. The van der Waals surface area contributed by atoms with Gasteiger partial charge in [-0.3, -0.25) is 4.79 Å². The summed E-state index contributed by atoms with van der Waals surface area (Å²) in [5, 5.41) is 0.667. The first-order valence-corrected chi connectivity index (χ1v) is 7.56. The number of ketones is 1. The van der Waals surface area contributed by atoms with E-state index in [2.05, 4.69) is 30.8 Å². The molecule has 0 spiro atoms. The second-order valence-corrected chi connectivity index (χ2v) is 5.71. The monoisotopic (exact) mass is 296 g/mol. The van der Waals surface area contributed by atoms with E-state index in [0.717, 1.165) is 38.2 Å². The fourth-order valence-corrected chi connectivity index (χ4v) is 2.20. The Morgan fingerprint density at radius 1 is 1.10 bits per heavy atom. The molecule has 0 fully saturated rings. The van der Waals surface area contributed by atoms with Crippen molar-refractivity contribution in [2.45, 2.75) is 19.8 Å². The van der Waals surface area contributed by atoms with Gasteiger partial charge in [0.15, 0.2) is 5.78 Å². The molecule has 0 amide bonds. The van der Waals surface area contributed by atoms with Crippen molar-refractivity contribution in [3.8, 4) is 0 Å². The maximum absolute atomic E-state index is 12.1. The topological polar surface area (TPSA) is 23.6 Å². The predicted octanol–water partition coefficient (Wildman–Crippen LogP) is 3.19. The highest BCUT2D eigenvalue weighted by molar-refractivity contribution is 6.30. The van der Waals surface area contributed by atoms with Gasteiger partial charge < -0.3 is 9.80 Å². The maximum atomic E-state index is 12.1. The van der Waals surface area contributed by atoms with Crippen molar-refractivity contribution in [1.29, 1.82) is 0 Å². The minimum Gasteiger partial charge on any atom is -0.309 e. The van der Waals surface area contributed by atoms with Crippen LogP contribution in [0.15, 0.2) is 24.3 Å². The Balaban J connectivity index is 2.36. The fraction of sp³-hybridized carbons (Fsp3) is 0.562. The van der Waals surface area contributed by atoms with Crippen molar-refractivity contribution >= 4 is 17.4 Å². The molecule has 0 aliphatic heterocycles. The summed E-state index contributed by atoms with van der Waals surface area (Å²) in [5.41, 5.74) is 0.749. The fourth-order valence-electron chi connectivity index (χ4n) is 2.08. The van der Waals surface area contributed by atoms with Gasteiger partial charge in [0.05, 0.1) is 0 Å². The van der Waals surface area contributed by atoms with Crippen LogP contribution in [-0.2, 0) is 0 Å². The highest BCUT2D eigenvalue weighted by Crippen LogP contribution is 2.11. The SMILES string of the molecule is CCN(CCCN(C)C)CCC(=O)c1ccc(Cl)cc1. The van der Waals surface area contributed by atoms with Crippen LogP contribution in [0.25, 0.3) is 0 Å². The first-order chi connectivity index (χ1) is 9.52. The molecule has 0 aliphatic rings. The Kier molecular flexibility index (Phi) is 7.82. The maximum Gasteiger partial charge on any atom is 0.164 e. The predicted molar refractivity (Wildman–Crippen MR) is 85.7 cm³/mol. The molecule has 1 rings (SSSR count). The Labute approximate surface area is 127 Å². The van der Waals surface area contributed by atoms with Crippen LogP contribution in [0.3, 0.4) is 0 Å². The number of nitrogens with zero attached hydrogens (tertiary/aromatic N) is 2. The molecular weight excluding hydrogens is 272 g/mol.